The highest BCUT2D eigenvalue weighted by Crippen LogP contribution is 2.33. The minimum absolute atomic E-state index is 0.0271. The van der Waals surface area contributed by atoms with Gasteiger partial charge in [0.25, 0.3) is 0 Å². The lowest BCUT2D eigenvalue weighted by molar-refractivity contribution is -0.129. The molecular formula is C19H21BrClNO4. The third-order valence-electron chi connectivity index (χ3n) is 3.84. The first-order chi connectivity index (χ1) is 12.5. The van der Waals surface area contributed by atoms with Crippen molar-refractivity contribution in [3.05, 3.63) is 51.5 Å². The molecule has 0 aromatic heterocycles. The molecule has 0 bridgehead atoms. The molecule has 1 amide bonds. The van der Waals surface area contributed by atoms with Gasteiger partial charge in [-0.05, 0) is 29.8 Å². The van der Waals surface area contributed by atoms with Gasteiger partial charge in [0.15, 0.2) is 11.5 Å². The van der Waals surface area contributed by atoms with Gasteiger partial charge in [-0.3, -0.25) is 4.79 Å². The molecule has 0 saturated carbocycles. The standard InChI is InChI=1S/C19H21BrClNO4/c1-22(8-9-26-16-7-5-4-6-15(16)21)19(23)11-13-10-17(24-2)18(25-3)12-14(13)20/h4-7,10,12H,8-9,11H2,1-3H3. The second-order valence-corrected chi connectivity index (χ2v) is 6.83. The highest BCUT2D eigenvalue weighted by Gasteiger charge is 2.15. The highest BCUT2D eigenvalue weighted by atomic mass is 79.9. The van der Waals surface area contributed by atoms with Crippen molar-refractivity contribution in [1.82, 2.24) is 4.90 Å². The van der Waals surface area contributed by atoms with Crippen LogP contribution in [0.5, 0.6) is 17.2 Å². The molecule has 5 nitrogen and oxygen atoms in total. The molecule has 140 valence electrons. The number of hydrogen-bond acceptors (Lipinski definition) is 4. The number of halogens is 2. The van der Waals surface area contributed by atoms with Crippen LogP contribution >= 0.6 is 27.5 Å². The summed E-state index contributed by atoms with van der Waals surface area (Å²) in [5, 5.41) is 0.552. The van der Waals surface area contributed by atoms with E-state index in [-0.39, 0.29) is 12.3 Å². The number of para-hydroxylation sites is 1. The summed E-state index contributed by atoms with van der Waals surface area (Å²) >= 11 is 9.52. The van der Waals surface area contributed by atoms with Gasteiger partial charge in [-0.2, -0.15) is 0 Å². The van der Waals surface area contributed by atoms with Crippen LogP contribution < -0.4 is 14.2 Å². The van der Waals surface area contributed by atoms with Crippen molar-refractivity contribution in [2.24, 2.45) is 0 Å². The molecule has 0 aliphatic rings. The summed E-state index contributed by atoms with van der Waals surface area (Å²) in [6.07, 6.45) is 0.240. The zero-order valence-electron chi connectivity index (χ0n) is 14.9. The maximum Gasteiger partial charge on any atom is 0.226 e. The summed E-state index contributed by atoms with van der Waals surface area (Å²) in [5.41, 5.74) is 0.825. The van der Waals surface area contributed by atoms with E-state index >= 15 is 0 Å². The molecule has 0 heterocycles. The molecule has 2 aromatic carbocycles. The van der Waals surface area contributed by atoms with Gasteiger partial charge in [0.1, 0.15) is 12.4 Å². The molecule has 0 atom stereocenters. The van der Waals surface area contributed by atoms with E-state index in [0.29, 0.717) is 35.4 Å². The number of hydrogen-bond donors (Lipinski definition) is 0. The predicted molar refractivity (Wildman–Crippen MR) is 106 cm³/mol. The predicted octanol–water partition coefficient (Wildman–Crippen LogP) is 4.20. The monoisotopic (exact) mass is 441 g/mol. The number of carbonyl (C=O) groups is 1. The Balaban J connectivity index is 1.93. The lowest BCUT2D eigenvalue weighted by Gasteiger charge is -2.19. The lowest BCUT2D eigenvalue weighted by Crippen LogP contribution is -2.32. The molecule has 0 unspecified atom stereocenters. The van der Waals surface area contributed by atoms with E-state index in [0.717, 1.165) is 10.0 Å². The van der Waals surface area contributed by atoms with Gasteiger partial charge in [0, 0.05) is 11.5 Å². The number of amides is 1. The Hall–Kier alpha value is -1.92. The average Bonchev–Trinajstić information content (AvgIpc) is 2.64. The fraction of sp³-hybridized carbons (Fsp3) is 0.316. The molecule has 0 aliphatic carbocycles. The summed E-state index contributed by atoms with van der Waals surface area (Å²) in [5.74, 6) is 1.78. The first kappa shape index (κ1) is 20.4. The molecule has 0 N–H and O–H groups in total. The Morgan fingerprint density at radius 3 is 2.42 bits per heavy atom. The van der Waals surface area contributed by atoms with Crippen LogP contribution in [0.4, 0.5) is 0 Å². The summed E-state index contributed by atoms with van der Waals surface area (Å²) < 4.78 is 17.0. The van der Waals surface area contributed by atoms with Crippen LogP contribution in [0.3, 0.4) is 0 Å². The second-order valence-electron chi connectivity index (χ2n) is 5.57. The van der Waals surface area contributed by atoms with Crippen molar-refractivity contribution in [1.29, 1.82) is 0 Å². The van der Waals surface area contributed by atoms with Crippen LogP contribution in [0.15, 0.2) is 40.9 Å². The van der Waals surface area contributed by atoms with Gasteiger partial charge in [-0.25, -0.2) is 0 Å². The first-order valence-corrected chi connectivity index (χ1v) is 9.15. The van der Waals surface area contributed by atoms with E-state index in [4.69, 9.17) is 25.8 Å². The molecule has 0 aliphatic heterocycles. The van der Waals surface area contributed by atoms with Crippen LogP contribution in [-0.2, 0) is 11.2 Å². The molecule has 0 radical (unpaired) electrons. The largest absolute Gasteiger partial charge is 0.493 e. The molecule has 2 aromatic rings. The zero-order chi connectivity index (χ0) is 19.1. The van der Waals surface area contributed by atoms with E-state index in [1.165, 1.54) is 0 Å². The van der Waals surface area contributed by atoms with Gasteiger partial charge in [-0.15, -0.1) is 0 Å². The van der Waals surface area contributed by atoms with E-state index in [2.05, 4.69) is 15.9 Å². The normalized spacial score (nSPS) is 10.3. The molecule has 2 rings (SSSR count). The Morgan fingerprint density at radius 2 is 1.77 bits per heavy atom. The number of benzene rings is 2. The van der Waals surface area contributed by atoms with Gasteiger partial charge >= 0.3 is 0 Å². The van der Waals surface area contributed by atoms with Crippen molar-refractivity contribution in [2.75, 3.05) is 34.4 Å². The van der Waals surface area contributed by atoms with Gasteiger partial charge in [0.05, 0.1) is 32.2 Å². The molecular weight excluding hydrogens is 422 g/mol. The first-order valence-electron chi connectivity index (χ1n) is 7.98. The smallest absolute Gasteiger partial charge is 0.226 e. The molecule has 0 fully saturated rings. The van der Waals surface area contributed by atoms with Crippen LogP contribution in [0.2, 0.25) is 5.02 Å². The van der Waals surface area contributed by atoms with Crippen LogP contribution in [0.25, 0.3) is 0 Å². The van der Waals surface area contributed by atoms with Crippen molar-refractivity contribution in [3.8, 4) is 17.2 Å². The zero-order valence-corrected chi connectivity index (χ0v) is 17.3. The van der Waals surface area contributed by atoms with E-state index in [1.807, 2.05) is 12.1 Å². The van der Waals surface area contributed by atoms with Crippen molar-refractivity contribution in [3.63, 3.8) is 0 Å². The average molecular weight is 443 g/mol. The molecule has 0 spiro atoms. The minimum atomic E-state index is -0.0271. The lowest BCUT2D eigenvalue weighted by atomic mass is 10.1. The summed E-state index contributed by atoms with van der Waals surface area (Å²) in [6, 6.07) is 10.8. The third kappa shape index (κ3) is 5.29. The SMILES string of the molecule is COc1cc(Br)c(CC(=O)N(C)CCOc2ccccc2Cl)cc1OC. The van der Waals surface area contributed by atoms with Gasteiger partial charge in [-0.1, -0.05) is 39.7 Å². The second kappa shape index (κ2) is 9.69. The van der Waals surface area contributed by atoms with E-state index in [1.54, 1.807) is 50.4 Å². The summed E-state index contributed by atoms with van der Waals surface area (Å²) in [7, 11) is 4.88. The topological polar surface area (TPSA) is 48.0 Å². The number of rotatable bonds is 8. The van der Waals surface area contributed by atoms with E-state index < -0.39 is 0 Å². The quantitative estimate of drug-likeness (QED) is 0.615. The highest BCUT2D eigenvalue weighted by molar-refractivity contribution is 9.10. The number of carbonyl (C=O) groups excluding carboxylic acids is 1. The minimum Gasteiger partial charge on any atom is -0.493 e. The summed E-state index contributed by atoms with van der Waals surface area (Å²) in [4.78, 5) is 14.1. The molecule has 26 heavy (non-hydrogen) atoms. The van der Waals surface area contributed by atoms with E-state index in [9.17, 15) is 4.79 Å². The fourth-order valence-electron chi connectivity index (χ4n) is 2.31. The van der Waals surface area contributed by atoms with Crippen LogP contribution in [-0.4, -0.2) is 45.2 Å². The Morgan fingerprint density at radius 1 is 1.12 bits per heavy atom. The van der Waals surface area contributed by atoms with Crippen LogP contribution in [0, 0.1) is 0 Å². The molecule has 7 heteroatoms. The maximum absolute atomic E-state index is 12.5. The molecule has 0 saturated heterocycles. The maximum atomic E-state index is 12.5. The van der Waals surface area contributed by atoms with Gasteiger partial charge < -0.3 is 19.1 Å². The number of methoxy groups -OCH3 is 2. The number of nitrogens with zero attached hydrogens (tertiary/aromatic N) is 1. The van der Waals surface area contributed by atoms with Gasteiger partial charge in [0.2, 0.25) is 5.91 Å². The van der Waals surface area contributed by atoms with Crippen molar-refractivity contribution < 1.29 is 19.0 Å². The third-order valence-corrected chi connectivity index (χ3v) is 4.89. The van der Waals surface area contributed by atoms with Crippen LogP contribution in [0.1, 0.15) is 5.56 Å². The number of likely N-dealkylation sites (N-methyl/N-ethyl adjacent to an activating group) is 1. The Bertz CT molecular complexity index is 769. The van der Waals surface area contributed by atoms with Crippen molar-refractivity contribution in [2.45, 2.75) is 6.42 Å². The van der Waals surface area contributed by atoms with Crippen molar-refractivity contribution >= 4 is 33.4 Å². The number of ether oxygens (including phenoxy) is 3. The Kier molecular flexibility index (Phi) is 7.60. The summed E-state index contributed by atoms with van der Waals surface area (Å²) in [6.45, 7) is 0.814. The Labute approximate surface area is 166 Å². The fourth-order valence-corrected chi connectivity index (χ4v) is 2.96.